The third-order valence-corrected chi connectivity index (χ3v) is 7.27. The van der Waals surface area contributed by atoms with Crippen molar-refractivity contribution in [2.24, 2.45) is 34.0 Å². The van der Waals surface area contributed by atoms with Crippen molar-refractivity contribution in [1.29, 1.82) is 0 Å². The summed E-state index contributed by atoms with van der Waals surface area (Å²) in [4.78, 5) is 0. The van der Waals surface area contributed by atoms with Gasteiger partial charge in [0.1, 0.15) is 0 Å². The SMILES string of the molecule is CC(CO)C1=CCC(C)(C)[C@@]23CC[C@@H](C2)C(C)(C)[C@@H]13. The zero-order chi connectivity index (χ0) is 14.1. The molecule has 0 amide bonds. The summed E-state index contributed by atoms with van der Waals surface area (Å²) in [5, 5.41) is 9.63. The lowest BCUT2D eigenvalue weighted by Crippen LogP contribution is -2.49. The predicted octanol–water partition coefficient (Wildman–Crippen LogP) is 4.41. The molecule has 0 aromatic heterocycles. The van der Waals surface area contributed by atoms with Gasteiger partial charge in [-0.25, -0.2) is 0 Å². The summed E-state index contributed by atoms with van der Waals surface area (Å²) in [6, 6.07) is 0. The van der Waals surface area contributed by atoms with Crippen LogP contribution in [0.25, 0.3) is 0 Å². The molecule has 2 bridgehead atoms. The lowest BCUT2D eigenvalue weighted by Gasteiger charge is -2.56. The Morgan fingerprint density at radius 1 is 1.32 bits per heavy atom. The van der Waals surface area contributed by atoms with Crippen molar-refractivity contribution in [3.05, 3.63) is 11.6 Å². The van der Waals surface area contributed by atoms with Gasteiger partial charge in [0, 0.05) is 12.5 Å². The molecule has 2 saturated carbocycles. The quantitative estimate of drug-likeness (QED) is 0.731. The van der Waals surface area contributed by atoms with Gasteiger partial charge >= 0.3 is 0 Å². The van der Waals surface area contributed by atoms with E-state index in [1.54, 1.807) is 5.57 Å². The largest absolute Gasteiger partial charge is 0.396 e. The Morgan fingerprint density at radius 2 is 2.00 bits per heavy atom. The number of aliphatic hydroxyl groups excluding tert-OH is 1. The molecular weight excluding hydrogens is 232 g/mol. The first-order valence-electron chi connectivity index (χ1n) is 8.07. The van der Waals surface area contributed by atoms with Crippen molar-refractivity contribution < 1.29 is 5.11 Å². The number of hydrogen-bond donors (Lipinski definition) is 1. The van der Waals surface area contributed by atoms with E-state index in [-0.39, 0.29) is 0 Å². The van der Waals surface area contributed by atoms with Gasteiger partial charge in [0.15, 0.2) is 0 Å². The highest BCUT2D eigenvalue weighted by Gasteiger charge is 2.68. The molecule has 0 saturated heterocycles. The molecule has 1 N–H and O–H groups in total. The molecule has 3 aliphatic rings. The van der Waals surface area contributed by atoms with Gasteiger partial charge in [-0.3, -0.25) is 0 Å². The molecule has 0 aromatic carbocycles. The fraction of sp³-hybridized carbons (Fsp3) is 0.889. The number of fused-ring (bicyclic) bond motifs is 1. The highest BCUT2D eigenvalue weighted by molar-refractivity contribution is 5.31. The molecule has 1 nitrogen and oxygen atoms in total. The lowest BCUT2D eigenvalue weighted by molar-refractivity contribution is -0.0220. The Hall–Kier alpha value is -0.300. The molecule has 0 heterocycles. The lowest BCUT2D eigenvalue weighted by atomic mass is 9.48. The third-order valence-electron chi connectivity index (χ3n) is 7.27. The molecule has 1 unspecified atom stereocenters. The second kappa shape index (κ2) is 3.87. The van der Waals surface area contributed by atoms with E-state index in [1.807, 2.05) is 0 Å². The minimum Gasteiger partial charge on any atom is -0.396 e. The second-order valence-corrected chi connectivity index (χ2v) is 8.73. The van der Waals surface area contributed by atoms with Crippen molar-refractivity contribution in [1.82, 2.24) is 0 Å². The van der Waals surface area contributed by atoms with Gasteiger partial charge < -0.3 is 5.11 Å². The van der Waals surface area contributed by atoms with Crippen LogP contribution in [0.5, 0.6) is 0 Å². The molecule has 0 radical (unpaired) electrons. The van der Waals surface area contributed by atoms with Gasteiger partial charge in [-0.05, 0) is 53.8 Å². The molecule has 3 aliphatic carbocycles. The van der Waals surface area contributed by atoms with Gasteiger partial charge in [-0.1, -0.05) is 46.3 Å². The molecule has 1 spiro atoms. The van der Waals surface area contributed by atoms with Crippen molar-refractivity contribution in [2.75, 3.05) is 6.61 Å². The fourth-order valence-electron chi connectivity index (χ4n) is 5.96. The minimum absolute atomic E-state index is 0.305. The second-order valence-electron chi connectivity index (χ2n) is 8.73. The summed E-state index contributed by atoms with van der Waals surface area (Å²) in [7, 11) is 0. The normalized spacial score (nSPS) is 43.8. The Labute approximate surface area is 118 Å². The summed E-state index contributed by atoms with van der Waals surface area (Å²) in [5.74, 6) is 1.94. The van der Waals surface area contributed by atoms with Crippen LogP contribution in [0.1, 0.15) is 60.3 Å². The summed E-state index contributed by atoms with van der Waals surface area (Å²) >= 11 is 0. The maximum atomic E-state index is 9.63. The number of hydrogen-bond acceptors (Lipinski definition) is 1. The van der Waals surface area contributed by atoms with Crippen LogP contribution >= 0.6 is 0 Å². The Bertz CT molecular complexity index is 417. The third kappa shape index (κ3) is 1.51. The Morgan fingerprint density at radius 3 is 2.63 bits per heavy atom. The smallest absolute Gasteiger partial charge is 0.0493 e. The maximum absolute atomic E-state index is 9.63. The van der Waals surface area contributed by atoms with Crippen LogP contribution in [0.4, 0.5) is 0 Å². The molecule has 0 aliphatic heterocycles. The van der Waals surface area contributed by atoms with Crippen LogP contribution in [0.2, 0.25) is 0 Å². The van der Waals surface area contributed by atoms with Crippen molar-refractivity contribution in [3.8, 4) is 0 Å². The van der Waals surface area contributed by atoms with Gasteiger partial charge in [0.25, 0.3) is 0 Å². The van der Waals surface area contributed by atoms with Gasteiger partial charge in [-0.15, -0.1) is 0 Å². The average molecular weight is 262 g/mol. The van der Waals surface area contributed by atoms with E-state index in [9.17, 15) is 5.11 Å². The van der Waals surface area contributed by atoms with E-state index in [2.05, 4.69) is 40.7 Å². The molecule has 2 fully saturated rings. The van der Waals surface area contributed by atoms with E-state index >= 15 is 0 Å². The molecule has 1 heteroatoms. The van der Waals surface area contributed by atoms with Crippen LogP contribution in [-0.4, -0.2) is 11.7 Å². The first-order valence-corrected chi connectivity index (χ1v) is 8.07. The highest BCUT2D eigenvalue weighted by atomic mass is 16.3. The van der Waals surface area contributed by atoms with Crippen LogP contribution in [-0.2, 0) is 0 Å². The molecule has 4 atom stereocenters. The fourth-order valence-corrected chi connectivity index (χ4v) is 5.96. The van der Waals surface area contributed by atoms with Crippen molar-refractivity contribution in [3.63, 3.8) is 0 Å². The molecule has 0 aromatic rings. The van der Waals surface area contributed by atoms with E-state index in [4.69, 9.17) is 0 Å². The summed E-state index contributed by atoms with van der Waals surface area (Å²) < 4.78 is 0. The Kier molecular flexibility index (Phi) is 2.79. The van der Waals surface area contributed by atoms with Crippen LogP contribution < -0.4 is 0 Å². The van der Waals surface area contributed by atoms with E-state index < -0.39 is 0 Å². The molecular formula is C18H30O. The van der Waals surface area contributed by atoms with E-state index in [0.29, 0.717) is 34.7 Å². The van der Waals surface area contributed by atoms with Gasteiger partial charge in [0.05, 0.1) is 0 Å². The summed E-state index contributed by atoms with van der Waals surface area (Å²) in [6.45, 7) is 12.5. The topological polar surface area (TPSA) is 20.2 Å². The van der Waals surface area contributed by atoms with Crippen LogP contribution in [0, 0.1) is 34.0 Å². The summed E-state index contributed by atoms with van der Waals surface area (Å²) in [6.07, 6.45) is 7.94. The Balaban J connectivity index is 2.12. The minimum atomic E-state index is 0.305. The maximum Gasteiger partial charge on any atom is 0.0493 e. The number of allylic oxidation sites excluding steroid dienone is 1. The molecule has 3 rings (SSSR count). The monoisotopic (exact) mass is 262 g/mol. The van der Waals surface area contributed by atoms with Crippen LogP contribution in [0.15, 0.2) is 11.6 Å². The average Bonchev–Trinajstić information content (AvgIpc) is 2.86. The van der Waals surface area contributed by atoms with Gasteiger partial charge in [0.2, 0.25) is 0 Å². The highest BCUT2D eigenvalue weighted by Crippen LogP contribution is 2.75. The van der Waals surface area contributed by atoms with Crippen LogP contribution in [0.3, 0.4) is 0 Å². The number of rotatable bonds is 2. The molecule has 108 valence electrons. The first-order chi connectivity index (χ1) is 8.76. The number of aliphatic hydroxyl groups is 1. The van der Waals surface area contributed by atoms with Crippen molar-refractivity contribution in [2.45, 2.75) is 60.3 Å². The zero-order valence-corrected chi connectivity index (χ0v) is 13.3. The standard InChI is InChI=1S/C18H30O/c1-12(11-19)14-7-8-16(2,3)18-9-6-13(10-18)17(4,5)15(14)18/h7,12-13,15,19H,6,8-11H2,1-5H3/t12?,13-,15+,18-/m0/s1. The zero-order valence-electron chi connectivity index (χ0n) is 13.3. The summed E-state index contributed by atoms with van der Waals surface area (Å²) in [5.41, 5.74) is 2.94. The molecule has 19 heavy (non-hydrogen) atoms. The predicted molar refractivity (Wildman–Crippen MR) is 79.8 cm³/mol. The van der Waals surface area contributed by atoms with E-state index in [0.717, 1.165) is 5.92 Å². The van der Waals surface area contributed by atoms with E-state index in [1.165, 1.54) is 25.7 Å². The first kappa shape index (κ1) is 13.7. The van der Waals surface area contributed by atoms with Gasteiger partial charge in [-0.2, -0.15) is 0 Å². The van der Waals surface area contributed by atoms with Crippen molar-refractivity contribution >= 4 is 0 Å².